The quantitative estimate of drug-likeness (QED) is 0.552. The van der Waals surface area contributed by atoms with E-state index in [9.17, 15) is 0 Å². The van der Waals surface area contributed by atoms with E-state index in [1.807, 2.05) is 0 Å². The fourth-order valence-electron chi connectivity index (χ4n) is 1.93. The molecule has 0 saturated heterocycles. The highest BCUT2D eigenvalue weighted by Crippen LogP contribution is 2.28. The Kier molecular flexibility index (Phi) is 4.42. The first-order valence-electron chi connectivity index (χ1n) is 5.49. The van der Waals surface area contributed by atoms with Gasteiger partial charge in [-0.25, -0.2) is 0 Å². The molecule has 0 heteroatoms. The van der Waals surface area contributed by atoms with Gasteiger partial charge in [0.1, 0.15) is 0 Å². The van der Waals surface area contributed by atoms with Crippen molar-refractivity contribution >= 4 is 0 Å². The molecule has 0 amide bonds. The van der Waals surface area contributed by atoms with Gasteiger partial charge in [-0.3, -0.25) is 0 Å². The van der Waals surface area contributed by atoms with Crippen LogP contribution in [0.5, 0.6) is 0 Å². The van der Waals surface area contributed by atoms with Gasteiger partial charge in [0.2, 0.25) is 0 Å². The van der Waals surface area contributed by atoms with Crippen molar-refractivity contribution in [2.24, 2.45) is 11.8 Å². The topological polar surface area (TPSA) is 0 Å². The first kappa shape index (κ1) is 9.83. The lowest BCUT2D eigenvalue weighted by atomic mass is 9.83. The average Bonchev–Trinajstić information content (AvgIpc) is 2.09. The van der Waals surface area contributed by atoms with E-state index >= 15 is 0 Å². The summed E-state index contributed by atoms with van der Waals surface area (Å²) in [6.45, 7) is 4.62. The van der Waals surface area contributed by atoms with Gasteiger partial charge in [0.15, 0.2) is 0 Å². The molecule has 0 aromatic rings. The van der Waals surface area contributed by atoms with Crippen LogP contribution < -0.4 is 0 Å². The lowest BCUT2D eigenvalue weighted by Crippen LogP contribution is -2.09. The highest BCUT2D eigenvalue weighted by atomic mass is 14.2. The summed E-state index contributed by atoms with van der Waals surface area (Å²) in [4.78, 5) is 0. The molecule has 1 rings (SSSR count). The SMILES string of the molecule is CCCC=CC1CCC(C)CC1. The molecule has 0 aromatic carbocycles. The molecule has 0 aromatic heterocycles. The third-order valence-corrected chi connectivity index (χ3v) is 2.92. The summed E-state index contributed by atoms with van der Waals surface area (Å²) in [5, 5.41) is 0. The predicted octanol–water partition coefficient (Wildman–Crippen LogP) is 4.17. The van der Waals surface area contributed by atoms with Crippen LogP contribution in [0.4, 0.5) is 0 Å². The maximum atomic E-state index is 2.45. The zero-order valence-corrected chi connectivity index (χ0v) is 8.55. The largest absolute Gasteiger partial charge is 0.0883 e. The Labute approximate surface area is 77.1 Å². The van der Waals surface area contributed by atoms with Gasteiger partial charge in [-0.2, -0.15) is 0 Å². The summed E-state index contributed by atoms with van der Waals surface area (Å²) in [6, 6.07) is 0. The Hall–Kier alpha value is -0.260. The van der Waals surface area contributed by atoms with Crippen molar-refractivity contribution in [3.63, 3.8) is 0 Å². The maximum absolute atomic E-state index is 2.45. The van der Waals surface area contributed by atoms with Crippen LogP contribution in [-0.4, -0.2) is 0 Å². The normalized spacial score (nSPS) is 31.2. The summed E-state index contributed by atoms with van der Waals surface area (Å²) in [5.74, 6) is 1.90. The van der Waals surface area contributed by atoms with Crippen LogP contribution in [0.3, 0.4) is 0 Å². The van der Waals surface area contributed by atoms with Crippen molar-refractivity contribution in [1.82, 2.24) is 0 Å². The Morgan fingerprint density at radius 2 is 1.83 bits per heavy atom. The number of unbranched alkanes of at least 4 members (excludes halogenated alkanes) is 1. The standard InChI is InChI=1S/C12H22/c1-3-4-5-6-12-9-7-11(2)8-10-12/h5-6,11-12H,3-4,7-10H2,1-2H3. The molecule has 1 aliphatic rings. The van der Waals surface area contributed by atoms with E-state index in [1.54, 1.807) is 0 Å². The van der Waals surface area contributed by atoms with Crippen molar-refractivity contribution in [3.05, 3.63) is 12.2 Å². The molecule has 0 heterocycles. The van der Waals surface area contributed by atoms with Gasteiger partial charge < -0.3 is 0 Å². The van der Waals surface area contributed by atoms with E-state index in [1.165, 1.54) is 38.5 Å². The van der Waals surface area contributed by atoms with Crippen LogP contribution in [-0.2, 0) is 0 Å². The molecule has 0 bridgehead atoms. The van der Waals surface area contributed by atoms with Crippen molar-refractivity contribution in [3.8, 4) is 0 Å². The molecule has 1 fully saturated rings. The van der Waals surface area contributed by atoms with Gasteiger partial charge in [0.25, 0.3) is 0 Å². The Morgan fingerprint density at radius 3 is 2.42 bits per heavy atom. The fraction of sp³-hybridized carbons (Fsp3) is 0.833. The second kappa shape index (κ2) is 5.40. The third-order valence-electron chi connectivity index (χ3n) is 2.92. The van der Waals surface area contributed by atoms with Gasteiger partial charge in [-0.15, -0.1) is 0 Å². The molecular formula is C12H22. The van der Waals surface area contributed by atoms with Gasteiger partial charge in [-0.05, 0) is 31.1 Å². The zero-order valence-electron chi connectivity index (χ0n) is 8.55. The maximum Gasteiger partial charge on any atom is -0.0233 e. The number of hydrogen-bond donors (Lipinski definition) is 0. The molecule has 0 aliphatic heterocycles. The van der Waals surface area contributed by atoms with Gasteiger partial charge in [0, 0.05) is 0 Å². The third kappa shape index (κ3) is 3.42. The number of hydrogen-bond acceptors (Lipinski definition) is 0. The van der Waals surface area contributed by atoms with E-state index in [0.29, 0.717) is 0 Å². The Bertz CT molecular complexity index is 127. The first-order chi connectivity index (χ1) is 5.83. The Balaban J connectivity index is 2.17. The van der Waals surface area contributed by atoms with Crippen LogP contribution >= 0.6 is 0 Å². The fourth-order valence-corrected chi connectivity index (χ4v) is 1.93. The van der Waals surface area contributed by atoms with Crippen LogP contribution in [0.1, 0.15) is 52.4 Å². The van der Waals surface area contributed by atoms with Gasteiger partial charge in [-0.1, -0.05) is 45.3 Å². The van der Waals surface area contributed by atoms with Crippen LogP contribution in [0.25, 0.3) is 0 Å². The molecule has 0 unspecified atom stereocenters. The number of allylic oxidation sites excluding steroid dienone is 2. The molecule has 0 radical (unpaired) electrons. The molecule has 0 nitrogen and oxygen atoms in total. The van der Waals surface area contributed by atoms with Crippen molar-refractivity contribution in [1.29, 1.82) is 0 Å². The molecule has 1 saturated carbocycles. The van der Waals surface area contributed by atoms with E-state index < -0.39 is 0 Å². The van der Waals surface area contributed by atoms with Crippen molar-refractivity contribution < 1.29 is 0 Å². The lowest BCUT2D eigenvalue weighted by molar-refractivity contribution is 0.330. The summed E-state index contributed by atoms with van der Waals surface area (Å²) in [6.07, 6.45) is 13.1. The molecular weight excluding hydrogens is 144 g/mol. The van der Waals surface area contributed by atoms with E-state index in [-0.39, 0.29) is 0 Å². The molecule has 0 spiro atoms. The molecule has 70 valence electrons. The highest BCUT2D eigenvalue weighted by Gasteiger charge is 2.15. The lowest BCUT2D eigenvalue weighted by Gasteiger charge is -2.23. The Morgan fingerprint density at radius 1 is 1.17 bits per heavy atom. The molecule has 0 N–H and O–H groups in total. The van der Waals surface area contributed by atoms with Gasteiger partial charge in [0.05, 0.1) is 0 Å². The van der Waals surface area contributed by atoms with E-state index in [4.69, 9.17) is 0 Å². The smallest absolute Gasteiger partial charge is 0.0233 e. The molecule has 1 aliphatic carbocycles. The second-order valence-electron chi connectivity index (χ2n) is 4.24. The summed E-state index contributed by atoms with van der Waals surface area (Å²) in [5.41, 5.74) is 0. The van der Waals surface area contributed by atoms with E-state index in [2.05, 4.69) is 26.0 Å². The van der Waals surface area contributed by atoms with Gasteiger partial charge >= 0.3 is 0 Å². The number of rotatable bonds is 3. The van der Waals surface area contributed by atoms with Crippen LogP contribution in [0, 0.1) is 11.8 Å². The van der Waals surface area contributed by atoms with Crippen LogP contribution in [0.2, 0.25) is 0 Å². The van der Waals surface area contributed by atoms with E-state index in [0.717, 1.165) is 11.8 Å². The summed E-state index contributed by atoms with van der Waals surface area (Å²) >= 11 is 0. The average molecular weight is 166 g/mol. The second-order valence-corrected chi connectivity index (χ2v) is 4.24. The van der Waals surface area contributed by atoms with Crippen LogP contribution in [0.15, 0.2) is 12.2 Å². The minimum absolute atomic E-state index is 0.910. The zero-order chi connectivity index (χ0) is 8.81. The van der Waals surface area contributed by atoms with Crippen molar-refractivity contribution in [2.45, 2.75) is 52.4 Å². The molecule has 12 heavy (non-hydrogen) atoms. The van der Waals surface area contributed by atoms with Crippen molar-refractivity contribution in [2.75, 3.05) is 0 Å². The minimum Gasteiger partial charge on any atom is -0.0883 e. The minimum atomic E-state index is 0.910. The molecule has 0 atom stereocenters. The summed E-state index contributed by atoms with van der Waals surface area (Å²) < 4.78 is 0. The monoisotopic (exact) mass is 166 g/mol. The predicted molar refractivity (Wildman–Crippen MR) is 55.2 cm³/mol. The highest BCUT2D eigenvalue weighted by molar-refractivity contribution is 4.90. The summed E-state index contributed by atoms with van der Waals surface area (Å²) in [7, 11) is 0. The first-order valence-corrected chi connectivity index (χ1v) is 5.49.